The second kappa shape index (κ2) is 12.1. The highest BCUT2D eigenvalue weighted by Gasteiger charge is 2.52. The summed E-state index contributed by atoms with van der Waals surface area (Å²) in [6.07, 6.45) is 0.580. The molecule has 0 aromatic heterocycles. The summed E-state index contributed by atoms with van der Waals surface area (Å²) in [6, 6.07) is 20.8. The Balaban J connectivity index is 1.50. The highest BCUT2D eigenvalue weighted by atomic mass is 35.5. The number of ether oxygens (including phenoxy) is 1. The Morgan fingerprint density at radius 1 is 0.977 bits per heavy atom. The van der Waals surface area contributed by atoms with E-state index in [4.69, 9.17) is 27.9 Å². The molecule has 7 nitrogen and oxygen atoms in total. The molecule has 3 aromatic rings. The molecule has 6 rings (SSSR count). The van der Waals surface area contributed by atoms with Crippen LogP contribution in [-0.4, -0.2) is 43.2 Å². The van der Waals surface area contributed by atoms with Gasteiger partial charge < -0.3 is 9.64 Å². The van der Waals surface area contributed by atoms with Crippen LogP contribution in [0.5, 0.6) is 0 Å². The molecule has 224 valence electrons. The summed E-state index contributed by atoms with van der Waals surface area (Å²) in [5, 5.41) is 10.0. The molecule has 1 saturated heterocycles. The SMILES string of the molecule is N#CC[C@H]1O[C@@H](c2cccc(Cl)c2)[C@@H](c2ccc(Cl)cc2)N(C(CN(c2ccccc2F)S(=O)(=O)C2CC2)C2CC2)C1=O. The summed E-state index contributed by atoms with van der Waals surface area (Å²) in [4.78, 5) is 16.0. The molecule has 1 unspecified atom stereocenters. The molecule has 3 aliphatic rings. The molecule has 2 aliphatic carbocycles. The number of para-hydroxylation sites is 1. The van der Waals surface area contributed by atoms with Gasteiger partial charge in [-0.2, -0.15) is 5.26 Å². The summed E-state index contributed by atoms with van der Waals surface area (Å²) in [5.74, 6) is -1.08. The third-order valence-electron chi connectivity index (χ3n) is 8.34. The van der Waals surface area contributed by atoms with Crippen molar-refractivity contribution in [1.82, 2.24) is 4.90 Å². The summed E-state index contributed by atoms with van der Waals surface area (Å²) < 4.78 is 50.4. The van der Waals surface area contributed by atoms with Crippen LogP contribution < -0.4 is 4.31 Å². The fraction of sp³-hybridized carbons (Fsp3) is 0.375. The summed E-state index contributed by atoms with van der Waals surface area (Å²) >= 11 is 12.6. The molecule has 2 saturated carbocycles. The second-order valence-corrected chi connectivity index (χ2v) is 14.3. The Hall–Kier alpha value is -3.16. The van der Waals surface area contributed by atoms with Gasteiger partial charge in [0.25, 0.3) is 5.91 Å². The van der Waals surface area contributed by atoms with Crippen molar-refractivity contribution in [2.45, 2.75) is 61.6 Å². The van der Waals surface area contributed by atoms with Gasteiger partial charge in [0.1, 0.15) is 18.0 Å². The van der Waals surface area contributed by atoms with E-state index in [1.807, 2.05) is 18.2 Å². The van der Waals surface area contributed by atoms with E-state index in [-0.39, 0.29) is 24.6 Å². The van der Waals surface area contributed by atoms with Crippen LogP contribution in [-0.2, 0) is 19.6 Å². The number of carbonyl (C=O) groups is 1. The monoisotopic (exact) mass is 641 g/mol. The van der Waals surface area contributed by atoms with E-state index in [1.54, 1.807) is 41.3 Å². The minimum atomic E-state index is -3.91. The molecular formula is C32H30Cl2FN3O4S. The maximum absolute atomic E-state index is 15.2. The van der Waals surface area contributed by atoms with Crippen LogP contribution in [0.3, 0.4) is 0 Å². The average molecular weight is 643 g/mol. The number of nitriles is 1. The van der Waals surface area contributed by atoms with Gasteiger partial charge in [-0.1, -0.05) is 59.6 Å². The molecule has 43 heavy (non-hydrogen) atoms. The largest absolute Gasteiger partial charge is 0.357 e. The number of rotatable bonds is 10. The zero-order valence-corrected chi connectivity index (χ0v) is 25.5. The van der Waals surface area contributed by atoms with Crippen molar-refractivity contribution in [1.29, 1.82) is 5.26 Å². The fourth-order valence-corrected chi connectivity index (χ4v) is 8.14. The highest BCUT2D eigenvalue weighted by Crippen LogP contribution is 2.49. The maximum Gasteiger partial charge on any atom is 0.253 e. The smallest absolute Gasteiger partial charge is 0.253 e. The number of benzene rings is 3. The number of nitrogens with zero attached hydrogens (tertiary/aromatic N) is 3. The normalized spacial score (nSPS) is 23.1. The van der Waals surface area contributed by atoms with Gasteiger partial charge in [0, 0.05) is 10.0 Å². The molecule has 1 aliphatic heterocycles. The first-order valence-electron chi connectivity index (χ1n) is 14.3. The molecular weight excluding hydrogens is 612 g/mol. The first-order valence-corrected chi connectivity index (χ1v) is 16.6. The number of carbonyl (C=O) groups excluding carboxylic acids is 1. The number of sulfonamides is 1. The van der Waals surface area contributed by atoms with E-state index in [1.165, 1.54) is 22.5 Å². The quantitative estimate of drug-likeness (QED) is 0.242. The lowest BCUT2D eigenvalue weighted by atomic mass is 9.89. The number of halogens is 3. The average Bonchev–Trinajstić information content (AvgIpc) is 3.90. The van der Waals surface area contributed by atoms with Crippen LogP contribution in [0.2, 0.25) is 10.0 Å². The maximum atomic E-state index is 15.2. The van der Waals surface area contributed by atoms with E-state index in [0.717, 1.165) is 18.4 Å². The van der Waals surface area contributed by atoms with Crippen molar-refractivity contribution < 1.29 is 22.3 Å². The predicted octanol–water partition coefficient (Wildman–Crippen LogP) is 6.83. The van der Waals surface area contributed by atoms with Gasteiger partial charge in [-0.05, 0) is 79.1 Å². The zero-order chi connectivity index (χ0) is 30.3. The Morgan fingerprint density at radius 2 is 1.70 bits per heavy atom. The highest BCUT2D eigenvalue weighted by molar-refractivity contribution is 7.93. The first kappa shape index (κ1) is 29.9. The van der Waals surface area contributed by atoms with Gasteiger partial charge in [0.05, 0.1) is 42.1 Å². The molecule has 3 aromatic carbocycles. The molecule has 0 N–H and O–H groups in total. The van der Waals surface area contributed by atoms with Gasteiger partial charge in [-0.15, -0.1) is 0 Å². The molecule has 0 radical (unpaired) electrons. The molecule has 1 heterocycles. The van der Waals surface area contributed by atoms with Gasteiger partial charge in [0.15, 0.2) is 0 Å². The van der Waals surface area contributed by atoms with Crippen molar-refractivity contribution in [2.24, 2.45) is 5.92 Å². The summed E-state index contributed by atoms with van der Waals surface area (Å²) in [7, 11) is -3.91. The minimum absolute atomic E-state index is 0.0247. The van der Waals surface area contributed by atoms with Crippen molar-refractivity contribution in [3.8, 4) is 6.07 Å². The van der Waals surface area contributed by atoms with E-state index < -0.39 is 51.3 Å². The Bertz CT molecular complexity index is 1660. The van der Waals surface area contributed by atoms with Crippen molar-refractivity contribution in [3.63, 3.8) is 0 Å². The standard InChI is InChI=1S/C32H30Cl2FN3O4S/c33-23-12-10-21(11-13-23)30-31(22-4-3-5-24(34)18-22)42-29(16-17-36)32(39)38(30)28(20-8-9-20)19-37(43(40,41)25-14-15-25)27-7-2-1-6-26(27)35/h1-7,10-13,18,20,25,28-31H,8-9,14-16,19H2/t28?,29-,30-,31+/m1/s1. The van der Waals surface area contributed by atoms with Crippen LogP contribution in [0.1, 0.15) is 55.4 Å². The van der Waals surface area contributed by atoms with E-state index in [2.05, 4.69) is 6.07 Å². The molecule has 4 atom stereocenters. The zero-order valence-electron chi connectivity index (χ0n) is 23.2. The molecule has 0 bridgehead atoms. The van der Waals surface area contributed by atoms with E-state index in [9.17, 15) is 18.5 Å². The molecule has 1 amide bonds. The fourth-order valence-electron chi connectivity index (χ4n) is 5.94. The number of amides is 1. The lowest BCUT2D eigenvalue weighted by Crippen LogP contribution is -2.58. The number of hydrogen-bond donors (Lipinski definition) is 0. The van der Waals surface area contributed by atoms with Crippen LogP contribution in [0.15, 0.2) is 72.8 Å². The van der Waals surface area contributed by atoms with Crippen LogP contribution in [0.4, 0.5) is 10.1 Å². The van der Waals surface area contributed by atoms with Crippen molar-refractivity contribution in [3.05, 3.63) is 99.8 Å². The molecule has 3 fully saturated rings. The number of anilines is 1. The Labute approximate surface area is 260 Å². The summed E-state index contributed by atoms with van der Waals surface area (Å²) in [6.45, 7) is -0.123. The van der Waals surface area contributed by atoms with Gasteiger partial charge in [-0.3, -0.25) is 9.10 Å². The van der Waals surface area contributed by atoms with E-state index >= 15 is 4.39 Å². The Kier molecular flexibility index (Phi) is 8.40. The number of morpholine rings is 1. The lowest BCUT2D eigenvalue weighted by molar-refractivity contribution is -0.179. The van der Waals surface area contributed by atoms with E-state index in [0.29, 0.717) is 28.5 Å². The molecule has 0 spiro atoms. The third-order valence-corrected chi connectivity index (χ3v) is 11.1. The minimum Gasteiger partial charge on any atom is -0.357 e. The van der Waals surface area contributed by atoms with Crippen LogP contribution >= 0.6 is 23.2 Å². The first-order chi connectivity index (χ1) is 20.7. The van der Waals surface area contributed by atoms with Crippen LogP contribution in [0, 0.1) is 23.1 Å². The lowest BCUT2D eigenvalue weighted by Gasteiger charge is -2.49. The van der Waals surface area contributed by atoms with Gasteiger partial charge in [-0.25, -0.2) is 12.8 Å². The Morgan fingerprint density at radius 3 is 2.33 bits per heavy atom. The third kappa shape index (κ3) is 6.12. The molecule has 11 heteroatoms. The second-order valence-electron chi connectivity index (χ2n) is 11.3. The van der Waals surface area contributed by atoms with Crippen LogP contribution in [0.25, 0.3) is 0 Å². The number of hydrogen-bond acceptors (Lipinski definition) is 5. The van der Waals surface area contributed by atoms with Crippen molar-refractivity contribution >= 4 is 44.8 Å². The topological polar surface area (TPSA) is 90.7 Å². The summed E-state index contributed by atoms with van der Waals surface area (Å²) in [5.41, 5.74) is 1.40. The van der Waals surface area contributed by atoms with Crippen molar-refractivity contribution in [2.75, 3.05) is 10.8 Å². The van der Waals surface area contributed by atoms with Gasteiger partial charge in [0.2, 0.25) is 10.0 Å². The van der Waals surface area contributed by atoms with Gasteiger partial charge >= 0.3 is 0 Å². The predicted molar refractivity (Wildman–Crippen MR) is 163 cm³/mol.